The molecule has 0 aliphatic heterocycles. The maximum Gasteiger partial charge on any atom is 0.226 e. The number of hydrogen-bond donors (Lipinski definition) is 1. The minimum atomic E-state index is -0.120. The Kier molecular flexibility index (Phi) is 9.13. The predicted molar refractivity (Wildman–Crippen MR) is 61.4 cm³/mol. The number of imide groups is 1. The van der Waals surface area contributed by atoms with Gasteiger partial charge in [-0.25, -0.2) is 0 Å². The summed E-state index contributed by atoms with van der Waals surface area (Å²) in [5.74, 6) is -0.241. The van der Waals surface area contributed by atoms with Crippen LogP contribution >= 0.6 is 0 Å². The van der Waals surface area contributed by atoms with E-state index in [1.807, 2.05) is 0 Å². The lowest BCUT2D eigenvalue weighted by Crippen LogP contribution is -2.29. The molecule has 1 N–H and O–H groups in total. The molecule has 0 aromatic carbocycles. The Morgan fingerprint density at radius 1 is 0.800 bits per heavy atom. The molecule has 0 rings (SSSR count). The third kappa shape index (κ3) is 9.44. The van der Waals surface area contributed by atoms with Gasteiger partial charge in [-0.3, -0.25) is 14.9 Å². The molecule has 0 bridgehead atoms. The highest BCUT2D eigenvalue weighted by Crippen LogP contribution is 2.00. The number of hydrogen-bond acceptors (Lipinski definition) is 2. The number of unbranched alkanes of at least 4 members (excludes halogenated alkanes) is 4. The van der Waals surface area contributed by atoms with Gasteiger partial charge in [0.2, 0.25) is 11.8 Å². The molecule has 0 radical (unpaired) electrons. The van der Waals surface area contributed by atoms with Crippen LogP contribution < -0.4 is 5.32 Å². The number of rotatable bonds is 8. The third-order valence-electron chi connectivity index (χ3n) is 2.29. The maximum atomic E-state index is 11.2. The summed E-state index contributed by atoms with van der Waals surface area (Å²) >= 11 is 0. The van der Waals surface area contributed by atoms with E-state index in [1.165, 1.54) is 0 Å². The first-order valence-electron chi connectivity index (χ1n) is 6.03. The van der Waals surface area contributed by atoms with Crippen LogP contribution in [0.3, 0.4) is 0 Å². The number of nitrogens with one attached hydrogen (secondary N) is 1. The smallest absolute Gasteiger partial charge is 0.226 e. The summed E-state index contributed by atoms with van der Waals surface area (Å²) in [4.78, 5) is 22.5. The first-order chi connectivity index (χ1) is 7.20. The van der Waals surface area contributed by atoms with Gasteiger partial charge in [0.1, 0.15) is 0 Å². The molecule has 0 aromatic rings. The Hall–Kier alpha value is -0.860. The van der Waals surface area contributed by atoms with Crippen molar-refractivity contribution in [1.82, 2.24) is 5.32 Å². The molecule has 2 amide bonds. The topological polar surface area (TPSA) is 46.2 Å². The van der Waals surface area contributed by atoms with E-state index < -0.39 is 0 Å². The number of carbonyl (C=O) groups is 2. The Labute approximate surface area is 92.6 Å². The van der Waals surface area contributed by atoms with Gasteiger partial charge in [-0.05, 0) is 12.8 Å². The molecule has 0 aliphatic rings. The van der Waals surface area contributed by atoms with Crippen molar-refractivity contribution in [2.45, 2.75) is 65.2 Å². The SMILES string of the molecule is CCCCCC(=O)NC(=O)CCCCC. The molecule has 3 heteroatoms. The van der Waals surface area contributed by atoms with E-state index in [0.29, 0.717) is 12.8 Å². The third-order valence-corrected chi connectivity index (χ3v) is 2.29. The van der Waals surface area contributed by atoms with Crippen LogP contribution in [0, 0.1) is 0 Å². The molecule has 88 valence electrons. The lowest BCUT2D eigenvalue weighted by atomic mass is 10.2. The Morgan fingerprint density at radius 2 is 1.20 bits per heavy atom. The van der Waals surface area contributed by atoms with Crippen LogP contribution in [0.15, 0.2) is 0 Å². The van der Waals surface area contributed by atoms with Crippen molar-refractivity contribution in [3.8, 4) is 0 Å². The zero-order valence-corrected chi connectivity index (χ0v) is 9.97. The number of carbonyl (C=O) groups excluding carboxylic acids is 2. The molecule has 0 heterocycles. The highest BCUT2D eigenvalue weighted by atomic mass is 16.2. The van der Waals surface area contributed by atoms with Gasteiger partial charge in [0.05, 0.1) is 0 Å². The zero-order chi connectivity index (χ0) is 11.5. The van der Waals surface area contributed by atoms with E-state index in [2.05, 4.69) is 19.2 Å². The second kappa shape index (κ2) is 9.69. The molecule has 15 heavy (non-hydrogen) atoms. The fourth-order valence-corrected chi connectivity index (χ4v) is 1.35. The summed E-state index contributed by atoms with van der Waals surface area (Å²) in [7, 11) is 0. The van der Waals surface area contributed by atoms with Gasteiger partial charge in [0.15, 0.2) is 0 Å². The monoisotopic (exact) mass is 213 g/mol. The molecule has 0 spiro atoms. The molecule has 0 atom stereocenters. The van der Waals surface area contributed by atoms with Gasteiger partial charge >= 0.3 is 0 Å². The van der Waals surface area contributed by atoms with Crippen LogP contribution in [-0.2, 0) is 9.59 Å². The molecule has 0 aromatic heterocycles. The van der Waals surface area contributed by atoms with Crippen LogP contribution in [0.25, 0.3) is 0 Å². The number of amides is 2. The highest BCUT2D eigenvalue weighted by molar-refractivity contribution is 5.95. The van der Waals surface area contributed by atoms with E-state index in [9.17, 15) is 9.59 Å². The maximum absolute atomic E-state index is 11.2. The Balaban J connectivity index is 3.45. The molecule has 0 fully saturated rings. The van der Waals surface area contributed by atoms with Crippen LogP contribution in [0.5, 0.6) is 0 Å². The lowest BCUT2D eigenvalue weighted by molar-refractivity contribution is -0.130. The van der Waals surface area contributed by atoms with E-state index in [-0.39, 0.29) is 11.8 Å². The minimum Gasteiger partial charge on any atom is -0.296 e. The van der Waals surface area contributed by atoms with Crippen LogP contribution in [-0.4, -0.2) is 11.8 Å². The predicted octanol–water partition coefficient (Wildman–Crippen LogP) is 2.79. The van der Waals surface area contributed by atoms with Gasteiger partial charge in [-0.2, -0.15) is 0 Å². The summed E-state index contributed by atoms with van der Waals surface area (Å²) < 4.78 is 0. The standard InChI is InChI=1S/C12H23NO2/c1-3-5-7-9-11(14)13-12(15)10-8-6-4-2/h3-10H2,1-2H3,(H,13,14,15). The van der Waals surface area contributed by atoms with Gasteiger partial charge in [0, 0.05) is 12.8 Å². The molecule has 0 aliphatic carbocycles. The summed E-state index contributed by atoms with van der Waals surface area (Å²) in [5, 5.41) is 2.42. The van der Waals surface area contributed by atoms with Gasteiger partial charge in [-0.15, -0.1) is 0 Å². The molecule has 0 saturated carbocycles. The molecule has 0 unspecified atom stereocenters. The average Bonchev–Trinajstić information content (AvgIpc) is 2.18. The van der Waals surface area contributed by atoms with Crippen molar-refractivity contribution < 1.29 is 9.59 Å². The Bertz CT molecular complexity index is 170. The second-order valence-electron chi connectivity index (χ2n) is 3.89. The molecule has 3 nitrogen and oxygen atoms in total. The minimum absolute atomic E-state index is 0.120. The molecular formula is C12H23NO2. The molecular weight excluding hydrogens is 190 g/mol. The first-order valence-corrected chi connectivity index (χ1v) is 6.03. The van der Waals surface area contributed by atoms with E-state index in [4.69, 9.17) is 0 Å². The van der Waals surface area contributed by atoms with Gasteiger partial charge in [-0.1, -0.05) is 39.5 Å². The van der Waals surface area contributed by atoms with Crippen LogP contribution in [0.1, 0.15) is 65.2 Å². The first kappa shape index (κ1) is 14.1. The van der Waals surface area contributed by atoms with Crippen molar-refractivity contribution in [2.24, 2.45) is 0 Å². The van der Waals surface area contributed by atoms with Crippen molar-refractivity contribution in [3.63, 3.8) is 0 Å². The summed E-state index contributed by atoms with van der Waals surface area (Å²) in [6.07, 6.45) is 7.01. The zero-order valence-electron chi connectivity index (χ0n) is 9.97. The second-order valence-corrected chi connectivity index (χ2v) is 3.89. The normalized spacial score (nSPS) is 10.0. The van der Waals surface area contributed by atoms with Gasteiger partial charge < -0.3 is 0 Å². The van der Waals surface area contributed by atoms with Crippen LogP contribution in [0.4, 0.5) is 0 Å². The van der Waals surface area contributed by atoms with Crippen molar-refractivity contribution in [2.75, 3.05) is 0 Å². The van der Waals surface area contributed by atoms with Gasteiger partial charge in [0.25, 0.3) is 0 Å². The largest absolute Gasteiger partial charge is 0.296 e. The van der Waals surface area contributed by atoms with Crippen LogP contribution in [0.2, 0.25) is 0 Å². The summed E-state index contributed by atoms with van der Waals surface area (Å²) in [6, 6.07) is 0. The van der Waals surface area contributed by atoms with E-state index in [0.717, 1.165) is 38.5 Å². The van der Waals surface area contributed by atoms with Crippen molar-refractivity contribution in [3.05, 3.63) is 0 Å². The van der Waals surface area contributed by atoms with E-state index >= 15 is 0 Å². The summed E-state index contributed by atoms with van der Waals surface area (Å²) in [5.41, 5.74) is 0. The lowest BCUT2D eigenvalue weighted by Gasteiger charge is -2.03. The highest BCUT2D eigenvalue weighted by Gasteiger charge is 2.06. The van der Waals surface area contributed by atoms with Crippen molar-refractivity contribution in [1.29, 1.82) is 0 Å². The van der Waals surface area contributed by atoms with Crippen molar-refractivity contribution >= 4 is 11.8 Å². The quantitative estimate of drug-likeness (QED) is 0.630. The fourth-order valence-electron chi connectivity index (χ4n) is 1.35. The Morgan fingerprint density at radius 3 is 1.53 bits per heavy atom. The molecule has 0 saturated heterocycles. The summed E-state index contributed by atoms with van der Waals surface area (Å²) in [6.45, 7) is 4.18. The van der Waals surface area contributed by atoms with E-state index in [1.54, 1.807) is 0 Å². The average molecular weight is 213 g/mol. The fraction of sp³-hybridized carbons (Fsp3) is 0.833.